The summed E-state index contributed by atoms with van der Waals surface area (Å²) in [5.74, 6) is 0. The van der Waals surface area contributed by atoms with Gasteiger partial charge in [-0.2, -0.15) is 0 Å². The van der Waals surface area contributed by atoms with Crippen molar-refractivity contribution in [1.82, 2.24) is 0 Å². The van der Waals surface area contributed by atoms with E-state index in [4.69, 9.17) is 0 Å². The molecule has 0 nitrogen and oxygen atoms in total. The molecule has 9 heavy (non-hydrogen) atoms. The van der Waals surface area contributed by atoms with Crippen molar-refractivity contribution >= 4 is 0 Å². The number of rotatable bonds is 3. The van der Waals surface area contributed by atoms with Gasteiger partial charge in [-0.25, -0.2) is 0 Å². The van der Waals surface area contributed by atoms with Gasteiger partial charge in [-0.3, -0.25) is 0 Å². The normalized spacial score (nSPS) is 12.4. The van der Waals surface area contributed by atoms with Crippen LogP contribution in [0.1, 0.15) is 20.3 Å². The highest BCUT2D eigenvalue weighted by Gasteiger charge is 1.80. The molecule has 0 heteroatoms. The van der Waals surface area contributed by atoms with Crippen LogP contribution in [0.3, 0.4) is 0 Å². The molecule has 0 aromatic heterocycles. The molecule has 0 aliphatic heterocycles. The fourth-order valence-corrected chi connectivity index (χ4v) is 0.610. The molecule has 0 spiro atoms. The second-order valence-corrected chi connectivity index (χ2v) is 1.81. The smallest absolute Gasteiger partial charge is 0.0311 e. The number of hydrogen-bond donors (Lipinski definition) is 0. The van der Waals surface area contributed by atoms with E-state index in [1.807, 2.05) is 13.0 Å². The molecule has 0 radical (unpaired) electrons. The van der Waals surface area contributed by atoms with Crippen LogP contribution in [0.25, 0.3) is 0 Å². The van der Waals surface area contributed by atoms with Crippen molar-refractivity contribution in [2.24, 2.45) is 0 Å². The molecule has 0 saturated carbocycles. The van der Waals surface area contributed by atoms with Crippen molar-refractivity contribution in [2.45, 2.75) is 20.3 Å². The molecule has 0 aromatic carbocycles. The van der Waals surface area contributed by atoms with Gasteiger partial charge in [0.1, 0.15) is 0 Å². The van der Waals surface area contributed by atoms with Crippen molar-refractivity contribution in [2.75, 3.05) is 0 Å². The van der Waals surface area contributed by atoms with Crippen LogP contribution in [0.2, 0.25) is 0 Å². The van der Waals surface area contributed by atoms with Crippen LogP contribution in [-0.2, 0) is 0 Å². The van der Waals surface area contributed by atoms with Crippen molar-refractivity contribution < 1.29 is 0 Å². The average molecular weight is 122 g/mol. The minimum Gasteiger partial charge on any atom is -0.0991 e. The first-order valence-electron chi connectivity index (χ1n) is 3.29. The minimum absolute atomic E-state index is 1.10. The fourth-order valence-electron chi connectivity index (χ4n) is 0.610. The van der Waals surface area contributed by atoms with E-state index in [1.54, 1.807) is 6.08 Å². The highest BCUT2D eigenvalue weighted by Crippen LogP contribution is 2.00. The molecule has 0 atom stereocenters. The minimum atomic E-state index is 1.10. The van der Waals surface area contributed by atoms with Crippen LogP contribution < -0.4 is 0 Å². The Kier molecular flexibility index (Phi) is 4.89. The molecular weight excluding hydrogens is 108 g/mol. The Morgan fingerprint density at radius 1 is 1.56 bits per heavy atom. The second-order valence-electron chi connectivity index (χ2n) is 1.81. The van der Waals surface area contributed by atoms with Crippen LogP contribution in [0.5, 0.6) is 0 Å². The molecule has 0 N–H and O–H groups in total. The first-order valence-corrected chi connectivity index (χ1v) is 3.29. The van der Waals surface area contributed by atoms with Crippen LogP contribution in [0.4, 0.5) is 0 Å². The summed E-state index contributed by atoms with van der Waals surface area (Å²) in [6.45, 7) is 7.78. The molecule has 0 saturated heterocycles. The molecule has 0 bridgehead atoms. The van der Waals surface area contributed by atoms with Crippen LogP contribution in [-0.4, -0.2) is 0 Å². The zero-order valence-corrected chi connectivity index (χ0v) is 6.22. The highest BCUT2D eigenvalue weighted by atomic mass is 13.9. The Labute approximate surface area is 57.6 Å². The van der Waals surface area contributed by atoms with Gasteiger partial charge >= 0.3 is 0 Å². The van der Waals surface area contributed by atoms with E-state index in [1.165, 1.54) is 5.57 Å². The lowest BCUT2D eigenvalue weighted by Gasteiger charge is -1.90. The van der Waals surface area contributed by atoms with Gasteiger partial charge < -0.3 is 0 Å². The lowest BCUT2D eigenvalue weighted by atomic mass is 10.2. The van der Waals surface area contributed by atoms with Gasteiger partial charge in [0.25, 0.3) is 0 Å². The first-order chi connectivity index (χ1) is 4.35. The summed E-state index contributed by atoms with van der Waals surface area (Å²) >= 11 is 0. The van der Waals surface area contributed by atoms with Crippen LogP contribution in [0.15, 0.2) is 36.5 Å². The second kappa shape index (κ2) is 5.36. The summed E-state index contributed by atoms with van der Waals surface area (Å²) in [5.41, 5.74) is 1.36. The summed E-state index contributed by atoms with van der Waals surface area (Å²) in [6.07, 6.45) is 9.03. The number of hydrogen-bond acceptors (Lipinski definition) is 0. The molecular formula is C9H14. The third-order valence-corrected chi connectivity index (χ3v) is 1.23. The molecule has 0 amide bonds. The largest absolute Gasteiger partial charge is 0.0991 e. The summed E-state index contributed by atoms with van der Waals surface area (Å²) < 4.78 is 0. The van der Waals surface area contributed by atoms with E-state index in [0.717, 1.165) is 6.42 Å². The van der Waals surface area contributed by atoms with E-state index in [0.29, 0.717) is 0 Å². The van der Waals surface area contributed by atoms with Crippen molar-refractivity contribution in [3.05, 3.63) is 36.5 Å². The maximum Gasteiger partial charge on any atom is -0.0311 e. The van der Waals surface area contributed by atoms with Crippen LogP contribution in [0, 0.1) is 0 Å². The summed E-state index contributed by atoms with van der Waals surface area (Å²) in [4.78, 5) is 0. The molecule has 0 unspecified atom stereocenters. The van der Waals surface area contributed by atoms with Gasteiger partial charge in [0, 0.05) is 0 Å². The maximum atomic E-state index is 3.59. The predicted octanol–water partition coefficient (Wildman–Crippen LogP) is 3.08. The zero-order valence-electron chi connectivity index (χ0n) is 6.22. The Morgan fingerprint density at radius 3 is 2.56 bits per heavy atom. The molecule has 0 fully saturated rings. The lowest BCUT2D eigenvalue weighted by Crippen LogP contribution is -1.69. The average Bonchev–Trinajstić information content (AvgIpc) is 1.91. The van der Waals surface area contributed by atoms with E-state index in [-0.39, 0.29) is 0 Å². The lowest BCUT2D eigenvalue weighted by molar-refractivity contribution is 1.14. The van der Waals surface area contributed by atoms with Gasteiger partial charge in [-0.05, 0) is 13.3 Å². The van der Waals surface area contributed by atoms with Gasteiger partial charge in [0.2, 0.25) is 0 Å². The summed E-state index contributed by atoms with van der Waals surface area (Å²) in [7, 11) is 0. The van der Waals surface area contributed by atoms with Crippen molar-refractivity contribution in [3.63, 3.8) is 0 Å². The Balaban J connectivity index is 3.84. The van der Waals surface area contributed by atoms with Gasteiger partial charge in [-0.1, -0.05) is 43.4 Å². The van der Waals surface area contributed by atoms with Gasteiger partial charge in [0.05, 0.1) is 0 Å². The Morgan fingerprint density at radius 2 is 2.22 bits per heavy atom. The first kappa shape index (κ1) is 8.22. The maximum absolute atomic E-state index is 3.59. The molecule has 0 aromatic rings. The third kappa shape index (κ3) is 3.77. The highest BCUT2D eigenvalue weighted by molar-refractivity contribution is 5.20. The standard InChI is InChI=1S/C9H14/c1-4-7-8-9(5-2)6-3/h4-5,7-8H,1,6H2,2-3H3/b8-7-,9-5+. The SMILES string of the molecule is C=C/C=C\C(=C\C)CC. The van der Waals surface area contributed by atoms with E-state index >= 15 is 0 Å². The fraction of sp³-hybridized carbons (Fsp3) is 0.333. The molecule has 0 rings (SSSR count). The van der Waals surface area contributed by atoms with Crippen LogP contribution >= 0.6 is 0 Å². The van der Waals surface area contributed by atoms with Crippen molar-refractivity contribution in [1.29, 1.82) is 0 Å². The third-order valence-electron chi connectivity index (χ3n) is 1.23. The zero-order chi connectivity index (χ0) is 7.11. The topological polar surface area (TPSA) is 0 Å². The van der Waals surface area contributed by atoms with E-state index in [2.05, 4.69) is 25.7 Å². The van der Waals surface area contributed by atoms with Crippen molar-refractivity contribution in [3.8, 4) is 0 Å². The number of allylic oxidation sites excluding steroid dienone is 5. The van der Waals surface area contributed by atoms with E-state index < -0.39 is 0 Å². The molecule has 0 heterocycles. The van der Waals surface area contributed by atoms with Gasteiger partial charge in [0.15, 0.2) is 0 Å². The monoisotopic (exact) mass is 122 g/mol. The van der Waals surface area contributed by atoms with Gasteiger partial charge in [-0.15, -0.1) is 0 Å². The quantitative estimate of drug-likeness (QED) is 0.504. The Bertz CT molecular complexity index is 127. The Hall–Kier alpha value is -0.780. The predicted molar refractivity (Wildman–Crippen MR) is 43.4 cm³/mol. The molecule has 50 valence electrons. The summed E-state index contributed by atoms with van der Waals surface area (Å²) in [6, 6.07) is 0. The molecule has 0 aliphatic carbocycles. The molecule has 0 aliphatic rings. The van der Waals surface area contributed by atoms with E-state index in [9.17, 15) is 0 Å². The summed E-state index contributed by atoms with van der Waals surface area (Å²) in [5, 5.41) is 0.